The van der Waals surface area contributed by atoms with E-state index in [4.69, 9.17) is 16.2 Å². The predicted molar refractivity (Wildman–Crippen MR) is 131 cm³/mol. The van der Waals surface area contributed by atoms with Crippen LogP contribution in [0.1, 0.15) is 23.7 Å². The molecule has 0 saturated heterocycles. The standard InChI is InChI=1S/C17H21N5O4S.C6H6/c1-10(8-14(23)24)21-15(25)13-3-2-12-9-11(4-6-22(12)16(13)26)20-5-7-27-17(18)19;1-2-4-6-5-3-1/h2-4,6,9-10,20H,5,7-8H2,1H3,(H3,18,19)(H,21,25)(H,23,24);1-6H/p+1. The van der Waals surface area contributed by atoms with Gasteiger partial charge < -0.3 is 15.7 Å². The molecule has 2 heterocycles. The van der Waals surface area contributed by atoms with Gasteiger partial charge in [-0.3, -0.25) is 29.9 Å². The monoisotopic (exact) mass is 470 g/mol. The topological polar surface area (TPSA) is 152 Å². The molecule has 0 radical (unpaired) electrons. The summed E-state index contributed by atoms with van der Waals surface area (Å²) in [5, 5.41) is 20.2. The largest absolute Gasteiger partial charge is 0.481 e. The van der Waals surface area contributed by atoms with Crippen LogP contribution >= 0.6 is 11.8 Å². The smallest absolute Gasteiger partial charge is 0.305 e. The SMILES string of the molecule is CC(CC(=O)O)NC(=O)c1ccc2cc(NCCSC(N)=[NH2+])ccn2c1=O.c1ccccc1. The quantitative estimate of drug-likeness (QED) is 0.185. The van der Waals surface area contributed by atoms with Gasteiger partial charge in [-0.25, -0.2) is 0 Å². The number of hydrogen-bond donors (Lipinski definition) is 5. The van der Waals surface area contributed by atoms with Crippen molar-refractivity contribution in [2.24, 2.45) is 5.73 Å². The third kappa shape index (κ3) is 8.69. The number of anilines is 1. The number of amidine groups is 1. The number of carboxylic acids is 1. The van der Waals surface area contributed by atoms with E-state index in [-0.39, 0.29) is 12.0 Å². The fraction of sp³-hybridized carbons (Fsp3) is 0.217. The van der Waals surface area contributed by atoms with Gasteiger partial charge in [0.25, 0.3) is 16.6 Å². The summed E-state index contributed by atoms with van der Waals surface area (Å²) >= 11 is 1.34. The summed E-state index contributed by atoms with van der Waals surface area (Å²) in [7, 11) is 0. The van der Waals surface area contributed by atoms with Crippen LogP contribution in [0.5, 0.6) is 0 Å². The van der Waals surface area contributed by atoms with Crippen LogP contribution in [0.15, 0.2) is 71.7 Å². The molecule has 1 atom stereocenters. The Morgan fingerprint density at radius 3 is 2.36 bits per heavy atom. The van der Waals surface area contributed by atoms with Crippen LogP contribution < -0.4 is 27.3 Å². The lowest BCUT2D eigenvalue weighted by Crippen LogP contribution is -2.43. The number of carbonyl (C=O) groups is 2. The van der Waals surface area contributed by atoms with Crippen molar-refractivity contribution >= 4 is 40.0 Å². The molecule has 1 amide bonds. The van der Waals surface area contributed by atoms with E-state index in [1.807, 2.05) is 36.4 Å². The zero-order chi connectivity index (χ0) is 24.2. The lowest BCUT2D eigenvalue weighted by molar-refractivity contribution is -0.137. The number of benzene rings is 1. The molecule has 1 aromatic carbocycles. The lowest BCUT2D eigenvalue weighted by atomic mass is 10.2. The fourth-order valence-electron chi connectivity index (χ4n) is 2.85. The number of fused-ring (bicyclic) bond motifs is 1. The molecule has 174 valence electrons. The molecule has 0 saturated carbocycles. The molecular weight excluding hydrogens is 442 g/mol. The summed E-state index contributed by atoms with van der Waals surface area (Å²) < 4.78 is 1.36. The Kier molecular flexibility index (Phi) is 9.97. The highest BCUT2D eigenvalue weighted by atomic mass is 32.2. The van der Waals surface area contributed by atoms with Crippen molar-refractivity contribution < 1.29 is 20.1 Å². The van der Waals surface area contributed by atoms with E-state index in [1.165, 1.54) is 22.2 Å². The number of aromatic nitrogens is 1. The van der Waals surface area contributed by atoms with Gasteiger partial charge in [-0.1, -0.05) is 36.4 Å². The molecule has 0 fully saturated rings. The fourth-order valence-corrected chi connectivity index (χ4v) is 3.29. The Morgan fingerprint density at radius 1 is 1.15 bits per heavy atom. The van der Waals surface area contributed by atoms with Gasteiger partial charge in [0.15, 0.2) is 0 Å². The van der Waals surface area contributed by atoms with Crippen LogP contribution in [-0.4, -0.2) is 44.9 Å². The molecule has 2 aromatic heterocycles. The van der Waals surface area contributed by atoms with Crippen LogP contribution in [0.25, 0.3) is 5.52 Å². The average Bonchev–Trinajstić information content (AvgIpc) is 2.77. The van der Waals surface area contributed by atoms with Crippen molar-refractivity contribution in [2.45, 2.75) is 19.4 Å². The first-order valence-electron chi connectivity index (χ1n) is 10.2. The maximum Gasteiger partial charge on any atom is 0.305 e. The van der Waals surface area contributed by atoms with Crippen LogP contribution in [0.2, 0.25) is 0 Å². The Balaban J connectivity index is 0.000000554. The van der Waals surface area contributed by atoms with Crippen molar-refractivity contribution in [1.29, 1.82) is 0 Å². The molecule has 0 aliphatic heterocycles. The summed E-state index contributed by atoms with van der Waals surface area (Å²) in [4.78, 5) is 35.5. The summed E-state index contributed by atoms with van der Waals surface area (Å²) in [6.07, 6.45) is 1.36. The Labute approximate surface area is 195 Å². The number of nitrogens with one attached hydrogen (secondary N) is 2. The average molecular weight is 471 g/mol. The van der Waals surface area contributed by atoms with Crippen LogP contribution in [0.4, 0.5) is 5.69 Å². The van der Waals surface area contributed by atoms with Gasteiger partial charge in [-0.05, 0) is 43.0 Å². The number of nitrogens with zero attached hydrogens (tertiary/aromatic N) is 1. The van der Waals surface area contributed by atoms with Gasteiger partial charge in [-0.2, -0.15) is 0 Å². The molecule has 10 heteroatoms. The number of carboxylic acid groups (broad SMARTS) is 1. The molecule has 9 nitrogen and oxygen atoms in total. The summed E-state index contributed by atoms with van der Waals surface area (Å²) in [6, 6.07) is 18.0. The highest BCUT2D eigenvalue weighted by Crippen LogP contribution is 2.12. The number of amides is 1. The second-order valence-electron chi connectivity index (χ2n) is 7.07. The van der Waals surface area contributed by atoms with E-state index >= 15 is 0 Å². The van der Waals surface area contributed by atoms with Gasteiger partial charge in [0.1, 0.15) is 5.56 Å². The Hall–Kier alpha value is -3.79. The minimum atomic E-state index is -1.02. The van der Waals surface area contributed by atoms with Gasteiger partial charge in [0.2, 0.25) is 0 Å². The number of aliphatic carboxylic acids is 1. The van der Waals surface area contributed by atoms with E-state index in [1.54, 1.807) is 31.3 Å². The first-order chi connectivity index (χ1) is 15.8. The van der Waals surface area contributed by atoms with E-state index < -0.39 is 23.5 Å². The zero-order valence-electron chi connectivity index (χ0n) is 18.2. The second kappa shape index (κ2) is 12.9. The number of carbonyl (C=O) groups excluding carboxylic acids is 1. The number of pyridine rings is 2. The Bertz CT molecular complexity index is 1120. The molecule has 3 rings (SSSR count). The maximum absolute atomic E-state index is 12.6. The normalized spacial score (nSPS) is 11.1. The van der Waals surface area contributed by atoms with Crippen molar-refractivity contribution in [2.75, 3.05) is 17.6 Å². The van der Waals surface area contributed by atoms with E-state index in [0.29, 0.717) is 23.0 Å². The maximum atomic E-state index is 12.6. The number of hydrogen-bond acceptors (Lipinski definition) is 5. The zero-order valence-corrected chi connectivity index (χ0v) is 19.0. The second-order valence-corrected chi connectivity index (χ2v) is 8.24. The van der Waals surface area contributed by atoms with Gasteiger partial charge in [-0.15, -0.1) is 0 Å². The van der Waals surface area contributed by atoms with Crippen molar-refractivity contribution in [3.63, 3.8) is 0 Å². The highest BCUT2D eigenvalue weighted by molar-refractivity contribution is 8.13. The molecule has 0 aliphatic rings. The summed E-state index contributed by atoms with van der Waals surface area (Å²) in [6.45, 7) is 2.21. The third-order valence-electron chi connectivity index (χ3n) is 4.32. The Morgan fingerprint density at radius 2 is 1.79 bits per heavy atom. The first-order valence-corrected chi connectivity index (χ1v) is 11.2. The van der Waals surface area contributed by atoms with Crippen LogP contribution in [0, 0.1) is 0 Å². The lowest BCUT2D eigenvalue weighted by Gasteiger charge is -2.12. The molecule has 1 unspecified atom stereocenters. The van der Waals surface area contributed by atoms with Crippen molar-refractivity contribution in [1.82, 2.24) is 9.72 Å². The minimum Gasteiger partial charge on any atom is -0.481 e. The molecule has 3 aromatic rings. The number of rotatable bonds is 8. The summed E-state index contributed by atoms with van der Waals surface area (Å²) in [5.41, 5.74) is 6.31. The van der Waals surface area contributed by atoms with Crippen molar-refractivity contribution in [3.05, 3.63) is 82.8 Å². The van der Waals surface area contributed by atoms with Gasteiger partial charge >= 0.3 is 5.97 Å². The molecule has 7 N–H and O–H groups in total. The van der Waals surface area contributed by atoms with E-state index in [9.17, 15) is 14.4 Å². The summed E-state index contributed by atoms with van der Waals surface area (Å²) in [5.74, 6) is -0.921. The first kappa shape index (κ1) is 25.5. The van der Waals surface area contributed by atoms with E-state index in [0.717, 1.165) is 5.69 Å². The van der Waals surface area contributed by atoms with Gasteiger partial charge in [0, 0.05) is 30.2 Å². The molecule has 0 spiro atoms. The van der Waals surface area contributed by atoms with Gasteiger partial charge in [0.05, 0.1) is 11.9 Å². The number of thioether (sulfide) groups is 1. The third-order valence-corrected chi connectivity index (χ3v) is 5.07. The predicted octanol–water partition coefficient (Wildman–Crippen LogP) is 0.798. The molecule has 0 aliphatic carbocycles. The van der Waals surface area contributed by atoms with Crippen LogP contribution in [-0.2, 0) is 4.79 Å². The molecule has 0 bridgehead atoms. The minimum absolute atomic E-state index is 0.0455. The van der Waals surface area contributed by atoms with Crippen molar-refractivity contribution in [3.8, 4) is 0 Å². The molecular formula is C23H28N5O4S+. The van der Waals surface area contributed by atoms with E-state index in [2.05, 4.69) is 10.6 Å². The van der Waals surface area contributed by atoms with Crippen LogP contribution in [0.3, 0.4) is 0 Å². The highest BCUT2D eigenvalue weighted by Gasteiger charge is 2.16. The number of nitrogens with two attached hydrogens (primary N) is 2. The molecule has 33 heavy (non-hydrogen) atoms.